The van der Waals surface area contributed by atoms with Crippen LogP contribution in [0.3, 0.4) is 0 Å². The Bertz CT molecular complexity index is 148. The standard InChI is InChI=1S/C6H8O3/c1-2-8-5-3-4-9-6(5)7/h3H,2,4H2,1H3. The van der Waals surface area contributed by atoms with Crippen molar-refractivity contribution in [2.24, 2.45) is 0 Å². The van der Waals surface area contributed by atoms with Gasteiger partial charge in [-0.05, 0) is 6.92 Å². The van der Waals surface area contributed by atoms with Crippen molar-refractivity contribution in [1.82, 2.24) is 0 Å². The molecule has 3 nitrogen and oxygen atoms in total. The predicted octanol–water partition coefficient (Wildman–Crippen LogP) is 0.464. The highest BCUT2D eigenvalue weighted by atomic mass is 16.6. The van der Waals surface area contributed by atoms with Gasteiger partial charge in [-0.3, -0.25) is 0 Å². The summed E-state index contributed by atoms with van der Waals surface area (Å²) in [7, 11) is 0. The van der Waals surface area contributed by atoms with Crippen molar-refractivity contribution in [2.75, 3.05) is 13.2 Å². The Morgan fingerprint density at radius 2 is 2.67 bits per heavy atom. The van der Waals surface area contributed by atoms with E-state index in [0.29, 0.717) is 19.0 Å². The summed E-state index contributed by atoms with van der Waals surface area (Å²) in [5.74, 6) is -0.00523. The van der Waals surface area contributed by atoms with E-state index in [0.717, 1.165) is 0 Å². The maximum Gasteiger partial charge on any atom is 0.373 e. The highest BCUT2D eigenvalue weighted by Gasteiger charge is 2.16. The summed E-state index contributed by atoms with van der Waals surface area (Å²) in [5, 5.41) is 0. The van der Waals surface area contributed by atoms with Crippen molar-refractivity contribution < 1.29 is 14.3 Å². The molecule has 0 amide bonds. The van der Waals surface area contributed by atoms with Crippen LogP contribution in [0.2, 0.25) is 0 Å². The number of carbonyl (C=O) groups excluding carboxylic acids is 1. The van der Waals surface area contributed by atoms with Gasteiger partial charge in [-0.2, -0.15) is 0 Å². The van der Waals surface area contributed by atoms with E-state index in [9.17, 15) is 4.79 Å². The Balaban J connectivity index is 2.47. The SMILES string of the molecule is CCOC1=CCOC1=O. The average Bonchev–Trinajstić information content (AvgIpc) is 2.18. The van der Waals surface area contributed by atoms with Crippen molar-refractivity contribution in [3.05, 3.63) is 11.8 Å². The second-order valence-electron chi connectivity index (χ2n) is 1.60. The largest absolute Gasteiger partial charge is 0.487 e. The molecule has 0 radical (unpaired) electrons. The fraction of sp³-hybridized carbons (Fsp3) is 0.500. The smallest absolute Gasteiger partial charge is 0.373 e. The molecule has 3 heteroatoms. The summed E-state index contributed by atoms with van der Waals surface area (Å²) >= 11 is 0. The van der Waals surface area contributed by atoms with Gasteiger partial charge in [-0.1, -0.05) is 0 Å². The van der Waals surface area contributed by atoms with E-state index in [1.807, 2.05) is 6.92 Å². The number of esters is 1. The van der Waals surface area contributed by atoms with Crippen LogP contribution in [0, 0.1) is 0 Å². The lowest BCUT2D eigenvalue weighted by molar-refractivity contribution is -0.139. The van der Waals surface area contributed by atoms with Gasteiger partial charge in [0.1, 0.15) is 6.61 Å². The molecule has 0 atom stereocenters. The van der Waals surface area contributed by atoms with Gasteiger partial charge in [0.25, 0.3) is 0 Å². The fourth-order valence-electron chi connectivity index (χ4n) is 0.621. The molecule has 0 aromatic rings. The minimum absolute atomic E-state index is 0.345. The number of ether oxygens (including phenoxy) is 2. The number of carbonyl (C=O) groups is 1. The van der Waals surface area contributed by atoms with Gasteiger partial charge in [0.2, 0.25) is 5.76 Å². The van der Waals surface area contributed by atoms with E-state index in [2.05, 4.69) is 4.74 Å². The lowest BCUT2D eigenvalue weighted by atomic mass is 10.5. The van der Waals surface area contributed by atoms with Gasteiger partial charge in [0.15, 0.2) is 0 Å². The molecule has 0 bridgehead atoms. The Hall–Kier alpha value is -0.990. The van der Waals surface area contributed by atoms with Crippen LogP contribution in [0.15, 0.2) is 11.8 Å². The van der Waals surface area contributed by atoms with Crippen LogP contribution in [-0.2, 0) is 14.3 Å². The van der Waals surface area contributed by atoms with E-state index in [1.54, 1.807) is 6.08 Å². The quantitative estimate of drug-likeness (QED) is 0.507. The predicted molar refractivity (Wildman–Crippen MR) is 30.7 cm³/mol. The molecule has 0 N–H and O–H groups in total. The van der Waals surface area contributed by atoms with Crippen molar-refractivity contribution in [3.8, 4) is 0 Å². The van der Waals surface area contributed by atoms with Crippen molar-refractivity contribution >= 4 is 5.97 Å². The molecule has 1 rings (SSSR count). The Kier molecular flexibility index (Phi) is 1.72. The highest BCUT2D eigenvalue weighted by molar-refractivity contribution is 5.88. The van der Waals surface area contributed by atoms with Crippen molar-refractivity contribution in [2.45, 2.75) is 6.92 Å². The fourth-order valence-corrected chi connectivity index (χ4v) is 0.621. The minimum Gasteiger partial charge on any atom is -0.487 e. The summed E-state index contributed by atoms with van der Waals surface area (Å²) in [6.07, 6.45) is 1.63. The van der Waals surface area contributed by atoms with Crippen LogP contribution in [0.5, 0.6) is 0 Å². The molecule has 0 saturated heterocycles. The summed E-state index contributed by atoms with van der Waals surface area (Å²) in [4.78, 5) is 10.5. The Morgan fingerprint density at radius 1 is 1.89 bits per heavy atom. The van der Waals surface area contributed by atoms with Gasteiger partial charge >= 0.3 is 5.97 Å². The molecule has 9 heavy (non-hydrogen) atoms. The Morgan fingerprint density at radius 3 is 3.11 bits per heavy atom. The first kappa shape index (κ1) is 6.13. The van der Waals surface area contributed by atoms with Gasteiger partial charge < -0.3 is 9.47 Å². The molecule has 0 aliphatic carbocycles. The van der Waals surface area contributed by atoms with E-state index in [1.165, 1.54) is 0 Å². The normalized spacial score (nSPS) is 17.0. The number of rotatable bonds is 2. The van der Waals surface area contributed by atoms with Crippen LogP contribution >= 0.6 is 0 Å². The topological polar surface area (TPSA) is 35.5 Å². The number of cyclic esters (lactones) is 1. The molecule has 0 saturated carbocycles. The zero-order valence-corrected chi connectivity index (χ0v) is 5.22. The maximum atomic E-state index is 10.5. The van der Waals surface area contributed by atoms with Crippen LogP contribution in [-0.4, -0.2) is 19.2 Å². The molecule has 50 valence electrons. The number of hydrogen-bond donors (Lipinski definition) is 0. The summed E-state index contributed by atoms with van der Waals surface area (Å²) in [6, 6.07) is 0. The van der Waals surface area contributed by atoms with E-state index >= 15 is 0 Å². The zero-order chi connectivity index (χ0) is 6.69. The molecular weight excluding hydrogens is 120 g/mol. The summed E-state index contributed by atoms with van der Waals surface area (Å²) < 4.78 is 9.46. The molecule has 0 fully saturated rings. The lowest BCUT2D eigenvalue weighted by Crippen LogP contribution is -2.02. The molecule has 0 spiro atoms. The van der Waals surface area contributed by atoms with Crippen LogP contribution in [0.1, 0.15) is 6.92 Å². The second-order valence-corrected chi connectivity index (χ2v) is 1.60. The van der Waals surface area contributed by atoms with Gasteiger partial charge in [-0.15, -0.1) is 0 Å². The first-order chi connectivity index (χ1) is 4.34. The van der Waals surface area contributed by atoms with E-state index < -0.39 is 0 Å². The van der Waals surface area contributed by atoms with Gasteiger partial charge in [0.05, 0.1) is 6.61 Å². The molecule has 1 heterocycles. The van der Waals surface area contributed by atoms with Crippen LogP contribution in [0.4, 0.5) is 0 Å². The molecule has 0 aromatic heterocycles. The molecule has 0 unspecified atom stereocenters. The first-order valence-electron chi connectivity index (χ1n) is 2.84. The highest BCUT2D eigenvalue weighted by Crippen LogP contribution is 2.06. The summed E-state index contributed by atoms with van der Waals surface area (Å²) in [5.41, 5.74) is 0. The minimum atomic E-state index is -0.350. The molecule has 1 aliphatic rings. The lowest BCUT2D eigenvalue weighted by Gasteiger charge is -1.97. The monoisotopic (exact) mass is 128 g/mol. The average molecular weight is 128 g/mol. The molecule has 0 aromatic carbocycles. The van der Waals surface area contributed by atoms with Gasteiger partial charge in [-0.25, -0.2) is 4.79 Å². The molecule has 1 aliphatic heterocycles. The Labute approximate surface area is 53.3 Å². The van der Waals surface area contributed by atoms with E-state index in [4.69, 9.17) is 4.74 Å². The third kappa shape index (κ3) is 1.22. The molecular formula is C6H8O3. The van der Waals surface area contributed by atoms with Crippen LogP contribution in [0.25, 0.3) is 0 Å². The number of hydrogen-bond acceptors (Lipinski definition) is 3. The summed E-state index contributed by atoms with van der Waals surface area (Å²) in [6.45, 7) is 2.70. The van der Waals surface area contributed by atoms with E-state index in [-0.39, 0.29) is 5.97 Å². The third-order valence-corrected chi connectivity index (χ3v) is 0.984. The maximum absolute atomic E-state index is 10.5. The van der Waals surface area contributed by atoms with Crippen molar-refractivity contribution in [3.63, 3.8) is 0 Å². The van der Waals surface area contributed by atoms with Crippen molar-refractivity contribution in [1.29, 1.82) is 0 Å². The zero-order valence-electron chi connectivity index (χ0n) is 5.22. The van der Waals surface area contributed by atoms with Crippen LogP contribution < -0.4 is 0 Å². The second kappa shape index (κ2) is 2.53. The van der Waals surface area contributed by atoms with Gasteiger partial charge in [0, 0.05) is 6.08 Å². The third-order valence-electron chi connectivity index (χ3n) is 0.984. The first-order valence-corrected chi connectivity index (χ1v) is 2.84.